The summed E-state index contributed by atoms with van der Waals surface area (Å²) in [5, 5.41) is 40.8. The van der Waals surface area contributed by atoms with Gasteiger partial charge in [0.15, 0.2) is 0 Å². The summed E-state index contributed by atoms with van der Waals surface area (Å²) < 4.78 is 0. The van der Waals surface area contributed by atoms with Crippen molar-refractivity contribution in [3.05, 3.63) is 54.1 Å². The Hall–Kier alpha value is -3.48. The molecule has 2 heterocycles. The maximum Gasteiger partial charge on any atom is 0.318 e. The number of H-pyrrole nitrogens is 1. The number of aliphatic hydroxyl groups is 3. The first-order valence-corrected chi connectivity index (χ1v) is 17.3. The van der Waals surface area contributed by atoms with E-state index in [1.165, 1.54) is 12.7 Å². The molecule has 7 N–H and O–H groups in total. The van der Waals surface area contributed by atoms with Gasteiger partial charge in [-0.2, -0.15) is 0 Å². The summed E-state index contributed by atoms with van der Waals surface area (Å²) in [5.74, 6) is -0.538. The van der Waals surface area contributed by atoms with Crippen LogP contribution in [0.25, 0.3) is 0 Å². The van der Waals surface area contributed by atoms with Gasteiger partial charge in [-0.15, -0.1) is 0 Å². The molecule has 47 heavy (non-hydrogen) atoms. The molecule has 0 unspecified atom stereocenters. The number of carbonyl (C=O) groups is 3. The summed E-state index contributed by atoms with van der Waals surface area (Å²) in [6, 6.07) is 6.20. The van der Waals surface area contributed by atoms with Gasteiger partial charge in [0.1, 0.15) is 18.2 Å². The standard InChI is InChI=1S/C35H54N6O6/c1-23(2)17-31(43)32(44)28(18-24-9-5-3-6-10-24)38-34(46)30(20-26-21-36-22-37-26)39-33(45)29(19-25-11-7-4-8-12-25)40-35(47)41-15-13-27(42)14-16-41/h4,7-8,11-12,21-24,27-32,42-44H,3,5-6,9-10,13-20H2,1-2H3,(H,36,37)(H,38,46)(H,39,45)(H,40,47)/t28-,29-,30-,31-,32+/m0/s1. The number of nitrogens with one attached hydrogen (secondary N) is 4. The van der Waals surface area contributed by atoms with Crippen LogP contribution in [-0.2, 0) is 22.4 Å². The number of likely N-dealkylation sites (tertiary alicyclic amines) is 1. The van der Waals surface area contributed by atoms with Crippen molar-refractivity contribution >= 4 is 17.8 Å². The van der Waals surface area contributed by atoms with Crippen LogP contribution in [-0.4, -0.2) is 97.6 Å². The fraction of sp³-hybridized carbons (Fsp3) is 0.657. The minimum absolute atomic E-state index is 0.106. The molecule has 260 valence electrons. The lowest BCUT2D eigenvalue weighted by Gasteiger charge is -2.34. The predicted molar refractivity (Wildman–Crippen MR) is 178 cm³/mol. The van der Waals surface area contributed by atoms with Gasteiger partial charge in [0.2, 0.25) is 11.8 Å². The second-order valence-corrected chi connectivity index (χ2v) is 13.8. The first kappa shape index (κ1) is 36.4. The van der Waals surface area contributed by atoms with Crippen LogP contribution < -0.4 is 16.0 Å². The van der Waals surface area contributed by atoms with Crippen molar-refractivity contribution in [2.45, 2.75) is 121 Å². The monoisotopic (exact) mass is 654 g/mol. The van der Waals surface area contributed by atoms with E-state index in [2.05, 4.69) is 25.9 Å². The van der Waals surface area contributed by atoms with Crippen LogP contribution in [0.4, 0.5) is 4.79 Å². The highest BCUT2D eigenvalue weighted by molar-refractivity contribution is 5.92. The van der Waals surface area contributed by atoms with Crippen molar-refractivity contribution < 1.29 is 29.7 Å². The third kappa shape index (κ3) is 11.6. The minimum Gasteiger partial charge on any atom is -0.393 e. The van der Waals surface area contributed by atoms with Gasteiger partial charge in [-0.25, -0.2) is 9.78 Å². The molecule has 0 bridgehead atoms. The Balaban J connectivity index is 1.53. The molecule has 1 aliphatic heterocycles. The second kappa shape index (κ2) is 18.2. The van der Waals surface area contributed by atoms with E-state index in [1.807, 2.05) is 44.2 Å². The fourth-order valence-corrected chi connectivity index (χ4v) is 6.71. The van der Waals surface area contributed by atoms with E-state index in [-0.39, 0.29) is 18.8 Å². The molecule has 1 saturated heterocycles. The van der Waals surface area contributed by atoms with Gasteiger partial charge in [-0.05, 0) is 43.1 Å². The molecular formula is C35H54N6O6. The number of benzene rings is 1. The van der Waals surface area contributed by atoms with Crippen LogP contribution in [0.1, 0.15) is 82.9 Å². The van der Waals surface area contributed by atoms with Crippen LogP contribution in [0.15, 0.2) is 42.9 Å². The molecule has 0 spiro atoms. The molecule has 2 aliphatic rings. The average molecular weight is 655 g/mol. The van der Waals surface area contributed by atoms with Gasteiger partial charge in [0, 0.05) is 37.8 Å². The first-order chi connectivity index (χ1) is 22.6. The number of carbonyl (C=O) groups excluding carboxylic acids is 3. The molecule has 2 aromatic rings. The van der Waals surface area contributed by atoms with Gasteiger partial charge in [0.25, 0.3) is 0 Å². The number of aromatic nitrogens is 2. The van der Waals surface area contributed by atoms with Crippen molar-refractivity contribution in [1.29, 1.82) is 0 Å². The Bertz CT molecular complexity index is 1230. The summed E-state index contributed by atoms with van der Waals surface area (Å²) >= 11 is 0. The quantitative estimate of drug-likeness (QED) is 0.154. The molecule has 12 nitrogen and oxygen atoms in total. The molecule has 2 fully saturated rings. The Morgan fingerprint density at radius 2 is 1.57 bits per heavy atom. The summed E-state index contributed by atoms with van der Waals surface area (Å²) in [6.07, 6.45) is 8.01. The number of urea groups is 1. The van der Waals surface area contributed by atoms with Crippen molar-refractivity contribution in [1.82, 2.24) is 30.8 Å². The molecule has 0 radical (unpaired) electrons. The Labute approximate surface area is 278 Å². The maximum absolute atomic E-state index is 14.0. The van der Waals surface area contributed by atoms with E-state index < -0.39 is 54.3 Å². The number of aromatic amines is 1. The molecule has 1 aromatic heterocycles. The SMILES string of the molecule is CC(C)C[C@H](O)[C@H](O)[C@H](CC1CCCCC1)NC(=O)[C@H](Cc1cnc[nH]1)NC(=O)[C@H](Cc1ccccc1)NC(=O)N1CCC(O)CC1. The van der Waals surface area contributed by atoms with Crippen LogP contribution in [0.3, 0.4) is 0 Å². The van der Waals surface area contributed by atoms with Crippen molar-refractivity contribution in [2.24, 2.45) is 11.8 Å². The third-order valence-corrected chi connectivity index (χ3v) is 9.42. The molecule has 4 amide bonds. The topological polar surface area (TPSA) is 180 Å². The number of piperidine rings is 1. The van der Waals surface area contributed by atoms with E-state index in [4.69, 9.17) is 0 Å². The molecule has 12 heteroatoms. The zero-order valence-electron chi connectivity index (χ0n) is 27.8. The molecular weight excluding hydrogens is 600 g/mol. The summed E-state index contributed by atoms with van der Waals surface area (Å²) in [4.78, 5) is 49.9. The van der Waals surface area contributed by atoms with Gasteiger partial charge in [-0.1, -0.05) is 76.3 Å². The van der Waals surface area contributed by atoms with Crippen LogP contribution >= 0.6 is 0 Å². The van der Waals surface area contributed by atoms with Crippen LogP contribution in [0.2, 0.25) is 0 Å². The predicted octanol–water partition coefficient (Wildman–Crippen LogP) is 2.44. The lowest BCUT2D eigenvalue weighted by molar-refractivity contribution is -0.131. The number of hydrogen-bond acceptors (Lipinski definition) is 7. The first-order valence-electron chi connectivity index (χ1n) is 17.3. The molecule has 5 atom stereocenters. The lowest BCUT2D eigenvalue weighted by Crippen LogP contribution is -2.59. The van der Waals surface area contributed by atoms with Crippen LogP contribution in [0.5, 0.6) is 0 Å². The summed E-state index contributed by atoms with van der Waals surface area (Å²) in [5.41, 5.74) is 1.47. The van der Waals surface area contributed by atoms with Gasteiger partial charge >= 0.3 is 6.03 Å². The highest BCUT2D eigenvalue weighted by atomic mass is 16.3. The Morgan fingerprint density at radius 1 is 0.915 bits per heavy atom. The molecule has 4 rings (SSSR count). The minimum atomic E-state index is -1.17. The number of imidazole rings is 1. The fourth-order valence-electron chi connectivity index (χ4n) is 6.71. The van der Waals surface area contributed by atoms with E-state index in [9.17, 15) is 29.7 Å². The van der Waals surface area contributed by atoms with E-state index in [1.54, 1.807) is 11.1 Å². The number of rotatable bonds is 15. The van der Waals surface area contributed by atoms with Crippen molar-refractivity contribution in [2.75, 3.05) is 13.1 Å². The average Bonchev–Trinajstić information content (AvgIpc) is 3.57. The number of amides is 4. The maximum atomic E-state index is 14.0. The number of nitrogens with zero attached hydrogens (tertiary/aromatic N) is 2. The zero-order valence-corrected chi connectivity index (χ0v) is 27.8. The third-order valence-electron chi connectivity index (χ3n) is 9.42. The Kier molecular flexibility index (Phi) is 14.1. The van der Waals surface area contributed by atoms with E-state index in [0.717, 1.165) is 31.2 Å². The normalized spacial score (nSPS) is 19.4. The number of aliphatic hydroxyl groups excluding tert-OH is 3. The number of hydrogen-bond donors (Lipinski definition) is 7. The van der Waals surface area contributed by atoms with Crippen molar-refractivity contribution in [3.63, 3.8) is 0 Å². The molecule has 1 aliphatic carbocycles. The Morgan fingerprint density at radius 3 is 2.21 bits per heavy atom. The highest BCUT2D eigenvalue weighted by Crippen LogP contribution is 2.29. The van der Waals surface area contributed by atoms with Crippen LogP contribution in [0, 0.1) is 11.8 Å². The van der Waals surface area contributed by atoms with Crippen molar-refractivity contribution in [3.8, 4) is 0 Å². The smallest absolute Gasteiger partial charge is 0.318 e. The largest absolute Gasteiger partial charge is 0.393 e. The second-order valence-electron chi connectivity index (χ2n) is 13.8. The van der Waals surface area contributed by atoms with E-state index >= 15 is 0 Å². The molecule has 1 aromatic carbocycles. The zero-order chi connectivity index (χ0) is 33.8. The van der Waals surface area contributed by atoms with E-state index in [0.29, 0.717) is 50.4 Å². The molecule has 1 saturated carbocycles. The van der Waals surface area contributed by atoms with Gasteiger partial charge in [0.05, 0.1) is 24.6 Å². The summed E-state index contributed by atoms with van der Waals surface area (Å²) in [7, 11) is 0. The van der Waals surface area contributed by atoms with Gasteiger partial charge in [-0.3, -0.25) is 9.59 Å². The van der Waals surface area contributed by atoms with Gasteiger partial charge < -0.3 is 41.2 Å². The highest BCUT2D eigenvalue weighted by Gasteiger charge is 2.35. The summed E-state index contributed by atoms with van der Waals surface area (Å²) in [6.45, 7) is 4.70. The lowest BCUT2D eigenvalue weighted by atomic mass is 9.82.